The van der Waals surface area contributed by atoms with Gasteiger partial charge in [0.05, 0.1) is 6.54 Å². The van der Waals surface area contributed by atoms with Gasteiger partial charge in [-0.25, -0.2) is 0 Å². The van der Waals surface area contributed by atoms with E-state index in [4.69, 9.17) is 0 Å². The van der Waals surface area contributed by atoms with E-state index < -0.39 is 0 Å². The number of halogens is 1. The van der Waals surface area contributed by atoms with Gasteiger partial charge in [-0.2, -0.15) is 0 Å². The molecule has 1 amide bonds. The molecule has 0 spiro atoms. The number of aryl methyl sites for hydroxylation is 1. The van der Waals surface area contributed by atoms with Crippen LogP contribution in [0.15, 0.2) is 42.6 Å². The van der Waals surface area contributed by atoms with Gasteiger partial charge in [-0.3, -0.25) is 14.7 Å². The van der Waals surface area contributed by atoms with E-state index in [0.29, 0.717) is 12.5 Å². The number of pyridine rings is 1. The molecule has 1 aliphatic heterocycles. The lowest BCUT2D eigenvalue weighted by molar-refractivity contribution is -0.117. The zero-order valence-electron chi connectivity index (χ0n) is 13.8. The van der Waals surface area contributed by atoms with Crippen molar-refractivity contribution in [2.75, 3.05) is 25.0 Å². The third-order valence-electron chi connectivity index (χ3n) is 4.50. The van der Waals surface area contributed by atoms with E-state index in [9.17, 15) is 4.79 Å². The van der Waals surface area contributed by atoms with Crippen molar-refractivity contribution in [3.8, 4) is 0 Å². The fourth-order valence-corrected chi connectivity index (χ4v) is 3.47. The second-order valence-corrected chi connectivity index (χ2v) is 7.48. The molecule has 1 aliphatic rings. The van der Waals surface area contributed by atoms with Crippen molar-refractivity contribution in [3.05, 3.63) is 57.4 Å². The van der Waals surface area contributed by atoms with Crippen LogP contribution in [0, 0.1) is 10.5 Å². The van der Waals surface area contributed by atoms with E-state index in [0.717, 1.165) is 31.6 Å². The van der Waals surface area contributed by atoms with Crippen molar-refractivity contribution in [1.82, 2.24) is 9.88 Å². The number of carbonyl (C=O) groups is 1. The zero-order valence-corrected chi connectivity index (χ0v) is 16.0. The van der Waals surface area contributed by atoms with Gasteiger partial charge in [0.15, 0.2) is 0 Å². The third kappa shape index (κ3) is 4.54. The molecule has 1 fully saturated rings. The second-order valence-electron chi connectivity index (χ2n) is 6.32. The van der Waals surface area contributed by atoms with Crippen LogP contribution in [0.25, 0.3) is 0 Å². The Morgan fingerprint density at radius 3 is 2.75 bits per heavy atom. The van der Waals surface area contributed by atoms with Crippen LogP contribution < -0.4 is 5.32 Å². The summed E-state index contributed by atoms with van der Waals surface area (Å²) in [6, 6.07) is 12.1. The Labute approximate surface area is 156 Å². The Kier molecular flexibility index (Phi) is 5.84. The average Bonchev–Trinajstić information content (AvgIpc) is 2.59. The summed E-state index contributed by atoms with van der Waals surface area (Å²) in [7, 11) is 0. The predicted molar refractivity (Wildman–Crippen MR) is 105 cm³/mol. The summed E-state index contributed by atoms with van der Waals surface area (Å²) in [6.07, 6.45) is 3.98. The quantitative estimate of drug-likeness (QED) is 0.744. The number of nitrogens with one attached hydrogen (secondary N) is 1. The van der Waals surface area contributed by atoms with Gasteiger partial charge in [0.1, 0.15) is 0 Å². The van der Waals surface area contributed by atoms with Crippen molar-refractivity contribution in [2.24, 2.45) is 0 Å². The van der Waals surface area contributed by atoms with Crippen LogP contribution in [0.2, 0.25) is 0 Å². The van der Waals surface area contributed by atoms with E-state index in [-0.39, 0.29) is 5.91 Å². The van der Waals surface area contributed by atoms with E-state index in [1.165, 1.54) is 14.8 Å². The van der Waals surface area contributed by atoms with Gasteiger partial charge in [0.25, 0.3) is 0 Å². The van der Waals surface area contributed by atoms with Crippen molar-refractivity contribution in [1.29, 1.82) is 0 Å². The number of nitrogens with zero attached hydrogens (tertiary/aromatic N) is 2. The first-order valence-electron chi connectivity index (χ1n) is 8.31. The monoisotopic (exact) mass is 435 g/mol. The molecule has 1 saturated heterocycles. The number of likely N-dealkylation sites (tertiary alicyclic amines) is 1. The van der Waals surface area contributed by atoms with Gasteiger partial charge < -0.3 is 5.32 Å². The Morgan fingerprint density at radius 2 is 2.08 bits per heavy atom. The molecule has 0 radical (unpaired) electrons. The first-order chi connectivity index (χ1) is 11.6. The topological polar surface area (TPSA) is 45.2 Å². The Bertz CT molecular complexity index is 697. The van der Waals surface area contributed by atoms with Crippen LogP contribution >= 0.6 is 22.6 Å². The van der Waals surface area contributed by atoms with Crippen molar-refractivity contribution >= 4 is 34.2 Å². The highest BCUT2D eigenvalue weighted by Crippen LogP contribution is 2.26. The molecule has 0 bridgehead atoms. The molecule has 1 aromatic heterocycles. The molecule has 1 N–H and O–H groups in total. The van der Waals surface area contributed by atoms with E-state index in [1.54, 1.807) is 0 Å². The highest BCUT2D eigenvalue weighted by molar-refractivity contribution is 14.1. The molecule has 126 valence electrons. The van der Waals surface area contributed by atoms with Crippen molar-refractivity contribution in [3.63, 3.8) is 0 Å². The van der Waals surface area contributed by atoms with Gasteiger partial charge in [-0.1, -0.05) is 6.07 Å². The van der Waals surface area contributed by atoms with Crippen LogP contribution in [0.4, 0.5) is 5.69 Å². The van der Waals surface area contributed by atoms with Gasteiger partial charge in [0.2, 0.25) is 5.91 Å². The molecule has 24 heavy (non-hydrogen) atoms. The first kappa shape index (κ1) is 17.4. The minimum absolute atomic E-state index is 0.0619. The van der Waals surface area contributed by atoms with Crippen LogP contribution in [-0.4, -0.2) is 35.4 Å². The molecule has 2 heterocycles. The SMILES string of the molecule is Cc1cc(NC(=O)CN2CCC(c3ccccn3)CC2)ccc1I. The lowest BCUT2D eigenvalue weighted by Crippen LogP contribution is -2.38. The van der Waals surface area contributed by atoms with E-state index in [1.807, 2.05) is 36.5 Å². The molecule has 0 unspecified atom stereocenters. The van der Waals surface area contributed by atoms with Gasteiger partial charge in [-0.15, -0.1) is 0 Å². The molecule has 0 aliphatic carbocycles. The Hall–Kier alpha value is -1.47. The van der Waals surface area contributed by atoms with Crippen LogP contribution in [0.1, 0.15) is 30.0 Å². The van der Waals surface area contributed by atoms with Crippen LogP contribution in [0.5, 0.6) is 0 Å². The molecular weight excluding hydrogens is 413 g/mol. The highest BCUT2D eigenvalue weighted by Gasteiger charge is 2.22. The van der Waals surface area contributed by atoms with Crippen molar-refractivity contribution in [2.45, 2.75) is 25.7 Å². The highest BCUT2D eigenvalue weighted by atomic mass is 127. The first-order valence-corrected chi connectivity index (χ1v) is 9.39. The minimum atomic E-state index is 0.0619. The lowest BCUT2D eigenvalue weighted by Gasteiger charge is -2.31. The molecule has 5 heteroatoms. The second kappa shape index (κ2) is 8.07. The molecule has 2 aromatic rings. The molecule has 0 atom stereocenters. The normalized spacial score (nSPS) is 16.1. The molecule has 3 rings (SSSR count). The van der Waals surface area contributed by atoms with Gasteiger partial charge >= 0.3 is 0 Å². The molecule has 4 nitrogen and oxygen atoms in total. The molecule has 1 aromatic carbocycles. The van der Waals surface area contributed by atoms with Gasteiger partial charge in [-0.05, 0) is 91.3 Å². The number of benzene rings is 1. The average molecular weight is 435 g/mol. The predicted octanol–water partition coefficient (Wildman–Crippen LogP) is 3.81. The largest absolute Gasteiger partial charge is 0.325 e. The lowest BCUT2D eigenvalue weighted by atomic mass is 9.93. The summed E-state index contributed by atoms with van der Waals surface area (Å²) in [6.45, 7) is 4.40. The fourth-order valence-electron chi connectivity index (χ4n) is 3.13. The van der Waals surface area contributed by atoms with Gasteiger partial charge in [0, 0.05) is 27.1 Å². The summed E-state index contributed by atoms with van der Waals surface area (Å²) in [5, 5.41) is 3.00. The van der Waals surface area contributed by atoms with Crippen LogP contribution in [-0.2, 0) is 4.79 Å². The minimum Gasteiger partial charge on any atom is -0.325 e. The third-order valence-corrected chi connectivity index (χ3v) is 5.71. The number of anilines is 1. The maximum absolute atomic E-state index is 12.3. The summed E-state index contributed by atoms with van der Waals surface area (Å²) in [5.74, 6) is 0.580. The fraction of sp³-hybridized carbons (Fsp3) is 0.368. The standard InChI is InChI=1S/C19H22IN3O/c1-14-12-16(5-6-17(14)20)22-19(24)13-23-10-7-15(8-11-23)18-4-2-3-9-21-18/h2-6,9,12,15H,7-8,10-11,13H2,1H3,(H,22,24). The maximum Gasteiger partial charge on any atom is 0.238 e. The number of piperidine rings is 1. The summed E-state index contributed by atoms with van der Waals surface area (Å²) < 4.78 is 1.21. The summed E-state index contributed by atoms with van der Waals surface area (Å²) in [5.41, 5.74) is 3.24. The number of hydrogen-bond acceptors (Lipinski definition) is 3. The molecular formula is C19H22IN3O. The van der Waals surface area contributed by atoms with E-state index >= 15 is 0 Å². The number of amides is 1. The summed E-state index contributed by atoms with van der Waals surface area (Å²) in [4.78, 5) is 19.0. The smallest absolute Gasteiger partial charge is 0.238 e. The van der Waals surface area contributed by atoms with Crippen LogP contribution in [0.3, 0.4) is 0 Å². The van der Waals surface area contributed by atoms with E-state index in [2.05, 4.69) is 50.8 Å². The van der Waals surface area contributed by atoms with Crippen molar-refractivity contribution < 1.29 is 4.79 Å². The Balaban J connectivity index is 1.49. The maximum atomic E-state index is 12.3. The number of aromatic nitrogens is 1. The number of carbonyl (C=O) groups excluding carboxylic acids is 1. The number of hydrogen-bond donors (Lipinski definition) is 1. The summed E-state index contributed by atoms with van der Waals surface area (Å²) >= 11 is 2.30. The number of rotatable bonds is 4. The Morgan fingerprint density at radius 1 is 1.29 bits per heavy atom. The molecule has 0 saturated carbocycles. The zero-order chi connectivity index (χ0) is 16.9.